The van der Waals surface area contributed by atoms with Crippen molar-refractivity contribution in [2.24, 2.45) is 0 Å². The van der Waals surface area contributed by atoms with Crippen LogP contribution in [-0.2, 0) is 11.2 Å². The third-order valence-corrected chi connectivity index (χ3v) is 5.92. The fourth-order valence-electron chi connectivity index (χ4n) is 4.19. The van der Waals surface area contributed by atoms with Crippen molar-refractivity contribution in [2.75, 3.05) is 23.3 Å². The molecule has 0 saturated carbocycles. The molecule has 0 unspecified atom stereocenters. The van der Waals surface area contributed by atoms with E-state index in [1.165, 1.54) is 19.3 Å². The van der Waals surface area contributed by atoms with Gasteiger partial charge in [0, 0.05) is 18.8 Å². The van der Waals surface area contributed by atoms with Crippen molar-refractivity contribution in [2.45, 2.75) is 25.7 Å². The van der Waals surface area contributed by atoms with Gasteiger partial charge >= 0.3 is 0 Å². The van der Waals surface area contributed by atoms with Crippen LogP contribution in [0.1, 0.15) is 24.8 Å². The summed E-state index contributed by atoms with van der Waals surface area (Å²) in [7, 11) is 0. The van der Waals surface area contributed by atoms with Crippen LogP contribution in [0.3, 0.4) is 0 Å². The summed E-state index contributed by atoms with van der Waals surface area (Å²) in [5.74, 6) is 0.945. The van der Waals surface area contributed by atoms with E-state index in [0.717, 1.165) is 52.3 Å². The number of anilines is 2. The number of aromatic nitrogens is 2. The largest absolute Gasteiger partial charge is 0.355 e. The summed E-state index contributed by atoms with van der Waals surface area (Å²) in [6.45, 7) is 2.11. The average Bonchev–Trinajstić information content (AvgIpc) is 2.85. The minimum Gasteiger partial charge on any atom is -0.355 e. The molecule has 1 fully saturated rings. The van der Waals surface area contributed by atoms with Crippen LogP contribution in [0, 0.1) is 0 Å². The number of piperidine rings is 1. The summed E-state index contributed by atoms with van der Waals surface area (Å²) in [5.41, 5.74) is 5.78. The van der Waals surface area contributed by atoms with Gasteiger partial charge in [0.25, 0.3) is 0 Å². The van der Waals surface area contributed by atoms with E-state index in [0.29, 0.717) is 6.42 Å². The molecule has 0 radical (unpaired) electrons. The molecule has 1 aromatic heterocycles. The lowest BCUT2D eigenvalue weighted by molar-refractivity contribution is -0.115. The number of hydrogen-bond donors (Lipinski definition) is 1. The van der Waals surface area contributed by atoms with Crippen LogP contribution in [0.5, 0.6) is 0 Å². The molecule has 1 aliphatic heterocycles. The Morgan fingerprint density at radius 3 is 2.38 bits per heavy atom. The van der Waals surface area contributed by atoms with Gasteiger partial charge in [-0.25, -0.2) is 4.98 Å². The predicted molar refractivity (Wildman–Crippen MR) is 130 cm³/mol. The number of carbonyl (C=O) groups is 1. The van der Waals surface area contributed by atoms with Crippen molar-refractivity contribution in [3.8, 4) is 11.1 Å². The molecule has 1 aliphatic rings. The zero-order chi connectivity index (χ0) is 21.8. The molecule has 160 valence electrons. The summed E-state index contributed by atoms with van der Waals surface area (Å²) >= 11 is 0. The van der Waals surface area contributed by atoms with Crippen molar-refractivity contribution in [3.05, 3.63) is 84.6 Å². The van der Waals surface area contributed by atoms with Crippen LogP contribution in [0.25, 0.3) is 22.2 Å². The molecule has 0 spiro atoms. The van der Waals surface area contributed by atoms with Crippen LogP contribution < -0.4 is 10.2 Å². The smallest absolute Gasteiger partial charge is 0.228 e. The van der Waals surface area contributed by atoms with E-state index < -0.39 is 0 Å². The lowest BCUT2D eigenvalue weighted by atomic mass is 10.0. The normalized spacial score (nSPS) is 13.8. The van der Waals surface area contributed by atoms with Crippen LogP contribution >= 0.6 is 0 Å². The molecule has 0 aliphatic carbocycles. The summed E-state index contributed by atoms with van der Waals surface area (Å²) < 4.78 is 0. The zero-order valence-corrected chi connectivity index (χ0v) is 18.0. The summed E-state index contributed by atoms with van der Waals surface area (Å²) in [4.78, 5) is 24.2. The van der Waals surface area contributed by atoms with Crippen molar-refractivity contribution >= 4 is 28.4 Å². The Labute approximate surface area is 188 Å². The van der Waals surface area contributed by atoms with Crippen molar-refractivity contribution in [1.82, 2.24) is 9.97 Å². The minimum atomic E-state index is -0.0184. The van der Waals surface area contributed by atoms with Gasteiger partial charge in [0.15, 0.2) is 0 Å². The maximum Gasteiger partial charge on any atom is 0.228 e. The first-order valence-corrected chi connectivity index (χ1v) is 11.2. The Kier molecular flexibility index (Phi) is 5.79. The standard InChI is InChI=1S/C27H26N4O/c32-27(17-20-7-3-1-4-8-20)29-23-12-9-21(10-13-23)22-11-14-24-25(18-22)30-26(19-28-24)31-15-5-2-6-16-31/h1,3-4,7-14,18-19H,2,5-6,15-17H2,(H,29,32). The number of rotatable bonds is 5. The van der Waals surface area contributed by atoms with Crippen molar-refractivity contribution < 1.29 is 4.79 Å². The Morgan fingerprint density at radius 2 is 1.59 bits per heavy atom. The highest BCUT2D eigenvalue weighted by Gasteiger charge is 2.13. The summed E-state index contributed by atoms with van der Waals surface area (Å²) in [6, 6.07) is 23.9. The Hall–Kier alpha value is -3.73. The first kappa shape index (κ1) is 20.2. The molecular weight excluding hydrogens is 396 g/mol. The Morgan fingerprint density at radius 1 is 0.844 bits per heavy atom. The zero-order valence-electron chi connectivity index (χ0n) is 18.0. The van der Waals surface area contributed by atoms with Gasteiger partial charge in [-0.15, -0.1) is 0 Å². The minimum absolute atomic E-state index is 0.0184. The SMILES string of the molecule is O=C(Cc1ccccc1)Nc1ccc(-c2ccc3ncc(N4CCCCC4)nc3c2)cc1. The molecule has 4 aromatic rings. The first-order chi connectivity index (χ1) is 15.7. The van der Waals surface area contributed by atoms with Crippen LogP contribution in [0.2, 0.25) is 0 Å². The lowest BCUT2D eigenvalue weighted by Gasteiger charge is -2.27. The average molecular weight is 423 g/mol. The van der Waals surface area contributed by atoms with Gasteiger partial charge in [-0.1, -0.05) is 48.5 Å². The Balaban J connectivity index is 1.31. The molecule has 5 nitrogen and oxygen atoms in total. The Bertz CT molecular complexity index is 1220. The third kappa shape index (κ3) is 4.62. The molecule has 3 aromatic carbocycles. The van der Waals surface area contributed by atoms with E-state index in [1.807, 2.05) is 66.9 Å². The number of hydrogen-bond acceptors (Lipinski definition) is 4. The second kappa shape index (κ2) is 9.18. The van der Waals surface area contributed by atoms with E-state index in [2.05, 4.69) is 27.3 Å². The summed E-state index contributed by atoms with van der Waals surface area (Å²) in [5, 5.41) is 2.98. The molecule has 5 heteroatoms. The van der Waals surface area contributed by atoms with Gasteiger partial charge in [0.05, 0.1) is 23.7 Å². The maximum atomic E-state index is 12.3. The number of carbonyl (C=O) groups excluding carboxylic acids is 1. The molecular formula is C27H26N4O. The molecule has 5 rings (SSSR count). The molecule has 2 heterocycles. The highest BCUT2D eigenvalue weighted by atomic mass is 16.1. The number of amides is 1. The fourth-order valence-corrected chi connectivity index (χ4v) is 4.19. The number of nitrogens with zero attached hydrogens (tertiary/aromatic N) is 3. The van der Waals surface area contributed by atoms with Gasteiger partial charge in [-0.05, 0) is 60.2 Å². The van der Waals surface area contributed by atoms with Gasteiger partial charge in [0.1, 0.15) is 5.82 Å². The number of nitrogens with one attached hydrogen (secondary N) is 1. The fraction of sp³-hybridized carbons (Fsp3) is 0.222. The topological polar surface area (TPSA) is 58.1 Å². The summed E-state index contributed by atoms with van der Waals surface area (Å²) in [6.07, 6.45) is 5.98. The van der Waals surface area contributed by atoms with Crippen LogP contribution in [0.4, 0.5) is 11.5 Å². The van der Waals surface area contributed by atoms with Gasteiger partial charge in [-0.3, -0.25) is 9.78 Å². The maximum absolute atomic E-state index is 12.3. The molecule has 1 saturated heterocycles. The van der Waals surface area contributed by atoms with Crippen molar-refractivity contribution in [1.29, 1.82) is 0 Å². The molecule has 1 N–H and O–H groups in total. The van der Waals surface area contributed by atoms with E-state index in [1.54, 1.807) is 0 Å². The number of benzene rings is 3. The van der Waals surface area contributed by atoms with E-state index >= 15 is 0 Å². The lowest BCUT2D eigenvalue weighted by Crippen LogP contribution is -2.30. The molecule has 32 heavy (non-hydrogen) atoms. The van der Waals surface area contributed by atoms with Crippen LogP contribution in [0.15, 0.2) is 79.0 Å². The first-order valence-electron chi connectivity index (χ1n) is 11.2. The van der Waals surface area contributed by atoms with Crippen LogP contribution in [-0.4, -0.2) is 29.0 Å². The third-order valence-electron chi connectivity index (χ3n) is 5.92. The number of fused-ring (bicyclic) bond motifs is 1. The van der Waals surface area contributed by atoms with Gasteiger partial charge in [-0.2, -0.15) is 0 Å². The highest BCUT2D eigenvalue weighted by molar-refractivity contribution is 5.92. The molecule has 0 bridgehead atoms. The van der Waals surface area contributed by atoms with Gasteiger partial charge < -0.3 is 10.2 Å². The molecule has 1 amide bonds. The quantitative estimate of drug-likeness (QED) is 0.463. The predicted octanol–water partition coefficient (Wildman–Crippen LogP) is 5.47. The van der Waals surface area contributed by atoms with Gasteiger partial charge in [0.2, 0.25) is 5.91 Å². The van der Waals surface area contributed by atoms with E-state index in [-0.39, 0.29) is 5.91 Å². The highest BCUT2D eigenvalue weighted by Crippen LogP contribution is 2.26. The van der Waals surface area contributed by atoms with E-state index in [9.17, 15) is 4.79 Å². The van der Waals surface area contributed by atoms with E-state index in [4.69, 9.17) is 4.98 Å². The monoisotopic (exact) mass is 422 g/mol. The molecule has 0 atom stereocenters. The second-order valence-electron chi connectivity index (χ2n) is 8.27. The van der Waals surface area contributed by atoms with Crippen molar-refractivity contribution in [3.63, 3.8) is 0 Å². The second-order valence-corrected chi connectivity index (χ2v) is 8.27.